The third-order valence-electron chi connectivity index (χ3n) is 0. The minimum absolute atomic E-state index is 0. The molecule has 0 aromatic heterocycles. The summed E-state index contributed by atoms with van der Waals surface area (Å²) in [4.78, 5) is 25.6. The van der Waals surface area contributed by atoms with E-state index in [9.17, 15) is 0 Å². The van der Waals surface area contributed by atoms with Crippen LogP contribution in [-0.4, -0.2) is 37.2 Å². The monoisotopic (exact) mass is 191 g/mol. The number of phosphoric acid groups is 1. The number of rotatable bonds is 0. The van der Waals surface area contributed by atoms with Gasteiger partial charge in [-0.05, 0) is 0 Å². The van der Waals surface area contributed by atoms with E-state index >= 15 is 0 Å². The Morgan fingerprint density at radius 2 is 1.14 bits per heavy atom. The van der Waals surface area contributed by atoms with Gasteiger partial charge in [0, 0.05) is 17.4 Å². The van der Waals surface area contributed by atoms with Crippen molar-refractivity contribution in [3.63, 3.8) is 0 Å². The fraction of sp³-hybridized carbons (Fsp3) is 0. The SMILES string of the molecule is O=P([O-])([O-])[O-].[Al].[Ga+3]. The molecule has 0 amide bonds. The first-order valence-electron chi connectivity index (χ1n) is 0.730. The molecule has 4 nitrogen and oxygen atoms in total. The van der Waals surface area contributed by atoms with Crippen molar-refractivity contribution in [2.45, 2.75) is 0 Å². The Hall–Kier alpha value is 1.28. The predicted molar refractivity (Wildman–Crippen MR) is 19.1 cm³/mol. The topological polar surface area (TPSA) is 86.2 Å². The molecule has 0 rings (SSSR count). The Kier molecular flexibility index (Phi) is 12.2. The Balaban J connectivity index is -0.0000000800. The second kappa shape index (κ2) is 5.42. The van der Waals surface area contributed by atoms with Gasteiger partial charge in [0.05, 0.1) is 0 Å². The Labute approximate surface area is 64.4 Å². The van der Waals surface area contributed by atoms with Gasteiger partial charge in [-0.15, -0.1) is 0 Å². The first kappa shape index (κ1) is 15.7. The van der Waals surface area contributed by atoms with E-state index < -0.39 is 7.82 Å². The third-order valence-corrected chi connectivity index (χ3v) is 0. The van der Waals surface area contributed by atoms with E-state index in [1.807, 2.05) is 0 Å². The van der Waals surface area contributed by atoms with Crippen LogP contribution in [0.1, 0.15) is 0 Å². The van der Waals surface area contributed by atoms with Gasteiger partial charge in [-0.25, -0.2) is 0 Å². The number of hydrogen-bond acceptors (Lipinski definition) is 4. The summed E-state index contributed by atoms with van der Waals surface area (Å²) in [5.74, 6) is 0. The summed E-state index contributed by atoms with van der Waals surface area (Å²) >= 11 is 0. The predicted octanol–water partition coefficient (Wildman–Crippen LogP) is -3.59. The van der Waals surface area contributed by atoms with E-state index in [4.69, 9.17) is 19.2 Å². The molecule has 35 valence electrons. The standard InChI is InChI=1S/Al.Ga.H3O4P/c;;1-5(2,3)4/h;;(H3,1,2,3,4)/q;+3;/p-3. The summed E-state index contributed by atoms with van der Waals surface area (Å²) in [6.07, 6.45) is 0. The molecule has 3 radical (unpaired) electrons. The first-order chi connectivity index (χ1) is 2.00. The van der Waals surface area contributed by atoms with Gasteiger partial charge in [-0.3, -0.25) is 0 Å². The minimum atomic E-state index is -5.39. The van der Waals surface area contributed by atoms with Crippen LogP contribution in [0.3, 0.4) is 0 Å². The van der Waals surface area contributed by atoms with Crippen LogP contribution in [0.25, 0.3) is 0 Å². The second-order valence-electron chi connectivity index (χ2n) is 0.447. The van der Waals surface area contributed by atoms with Gasteiger partial charge in [0.1, 0.15) is 0 Å². The molecule has 0 unspecified atom stereocenters. The van der Waals surface area contributed by atoms with Crippen LogP contribution in [0.15, 0.2) is 0 Å². The van der Waals surface area contributed by atoms with Gasteiger partial charge in [0.15, 0.2) is 0 Å². The normalized spacial score (nSPS) is 8.43. The minimum Gasteiger partial charge on any atom is -0.822 e. The van der Waals surface area contributed by atoms with Crippen LogP contribution in [0.5, 0.6) is 0 Å². The van der Waals surface area contributed by atoms with E-state index in [0.29, 0.717) is 0 Å². The molecule has 7 heteroatoms. The van der Waals surface area contributed by atoms with Crippen LogP contribution in [0.2, 0.25) is 0 Å². The van der Waals surface area contributed by atoms with Gasteiger partial charge in [0.2, 0.25) is 0 Å². The molecule has 0 fully saturated rings. The van der Waals surface area contributed by atoms with E-state index in [2.05, 4.69) is 0 Å². The Morgan fingerprint density at radius 3 is 1.14 bits per heavy atom. The van der Waals surface area contributed by atoms with Crippen molar-refractivity contribution in [2.24, 2.45) is 0 Å². The van der Waals surface area contributed by atoms with Crippen molar-refractivity contribution in [3.8, 4) is 0 Å². The van der Waals surface area contributed by atoms with Crippen LogP contribution in [-0.2, 0) is 4.57 Å². The fourth-order valence-electron chi connectivity index (χ4n) is 0. The van der Waals surface area contributed by atoms with Crippen LogP contribution >= 0.6 is 7.82 Å². The average Bonchev–Trinajstić information content (AvgIpc) is 0.722. The van der Waals surface area contributed by atoms with E-state index in [1.165, 1.54) is 0 Å². The summed E-state index contributed by atoms with van der Waals surface area (Å²) in [5, 5.41) is 0. The Bertz CT molecular complexity index is 57.8. The molecule has 0 bridgehead atoms. The van der Waals surface area contributed by atoms with Gasteiger partial charge in [0.25, 0.3) is 0 Å². The van der Waals surface area contributed by atoms with Crippen LogP contribution < -0.4 is 14.7 Å². The van der Waals surface area contributed by atoms with E-state index in [0.717, 1.165) is 0 Å². The average molecular weight is 192 g/mol. The molecular weight excluding hydrogens is 192 g/mol. The number of hydrogen-bond donors (Lipinski definition) is 0. The maximum absolute atomic E-state index is 8.55. The van der Waals surface area contributed by atoms with Gasteiger partial charge >= 0.3 is 19.8 Å². The first-order valence-corrected chi connectivity index (χ1v) is 2.19. The van der Waals surface area contributed by atoms with E-state index in [1.54, 1.807) is 0 Å². The van der Waals surface area contributed by atoms with Crippen molar-refractivity contribution in [3.05, 3.63) is 0 Å². The molecule has 0 aliphatic rings. The maximum atomic E-state index is 8.55. The quantitative estimate of drug-likeness (QED) is 0.293. The summed E-state index contributed by atoms with van der Waals surface area (Å²) < 4.78 is 8.55. The smallest absolute Gasteiger partial charge is 0.822 e. The van der Waals surface area contributed by atoms with Crippen LogP contribution in [0.4, 0.5) is 0 Å². The largest absolute Gasteiger partial charge is 3.00 e. The summed E-state index contributed by atoms with van der Waals surface area (Å²) in [5.41, 5.74) is 0. The molecule has 0 atom stereocenters. The van der Waals surface area contributed by atoms with Gasteiger partial charge < -0.3 is 19.2 Å². The summed E-state index contributed by atoms with van der Waals surface area (Å²) in [6, 6.07) is 0. The van der Waals surface area contributed by atoms with Crippen molar-refractivity contribution < 1.29 is 19.2 Å². The van der Waals surface area contributed by atoms with E-state index in [-0.39, 0.29) is 37.2 Å². The molecule has 0 N–H and O–H groups in total. The van der Waals surface area contributed by atoms with Gasteiger partial charge in [-0.1, -0.05) is 0 Å². The summed E-state index contributed by atoms with van der Waals surface area (Å²) in [6.45, 7) is 0. The van der Waals surface area contributed by atoms with Crippen molar-refractivity contribution >= 4 is 45.0 Å². The molecule has 0 saturated heterocycles. The fourth-order valence-corrected chi connectivity index (χ4v) is 0. The zero-order chi connectivity index (χ0) is 4.50. The summed E-state index contributed by atoms with van der Waals surface area (Å²) in [7, 11) is -5.39. The molecule has 0 heterocycles. The molecule has 0 aliphatic carbocycles. The van der Waals surface area contributed by atoms with Crippen molar-refractivity contribution in [1.82, 2.24) is 0 Å². The Morgan fingerprint density at radius 1 is 1.14 bits per heavy atom. The third kappa shape index (κ3) is 124. The molecule has 0 aromatic rings. The molecular formula is AlGaO4P. The molecule has 0 aliphatic heterocycles. The molecule has 0 aromatic carbocycles. The van der Waals surface area contributed by atoms with Crippen molar-refractivity contribution in [2.75, 3.05) is 0 Å². The van der Waals surface area contributed by atoms with Gasteiger partial charge in [-0.2, -0.15) is 7.82 Å². The molecule has 0 saturated carbocycles. The zero-order valence-electron chi connectivity index (χ0n) is 3.23. The molecule has 0 spiro atoms. The molecule has 7 heavy (non-hydrogen) atoms. The second-order valence-corrected chi connectivity index (χ2v) is 1.34. The van der Waals surface area contributed by atoms with Crippen LogP contribution in [0, 0.1) is 0 Å². The maximum Gasteiger partial charge on any atom is 3.00 e. The zero-order valence-corrected chi connectivity index (χ0v) is 7.71. The van der Waals surface area contributed by atoms with Crippen molar-refractivity contribution in [1.29, 1.82) is 0 Å².